The predicted molar refractivity (Wildman–Crippen MR) is 223 cm³/mol. The SMILES string of the molecule is C[C@H](NC(=O)c1cc(Cl)cc(C(F)(F)F)c1)C(=Nc1ncccn1)N=C(N)C(F)(F)F.C[C@H](NC(=O)c1cc(Cl)cc(C(F)(F)F)c1)C(N=CN)=Nc1ccc(C(F)(F)F)cn1.S.S. The van der Waals surface area contributed by atoms with Crippen molar-refractivity contribution in [3.63, 3.8) is 0 Å². The van der Waals surface area contributed by atoms with Gasteiger partial charge in [0, 0.05) is 39.8 Å². The summed E-state index contributed by atoms with van der Waals surface area (Å²) < 4.78 is 154. The van der Waals surface area contributed by atoms with E-state index in [2.05, 4.69) is 45.6 Å². The first-order chi connectivity index (χ1) is 28.6. The molecule has 0 radical (unpaired) electrons. The second-order valence-corrected chi connectivity index (χ2v) is 12.9. The topological polar surface area (TPSA) is 198 Å². The number of nitrogens with zero attached hydrogens (tertiary/aromatic N) is 7. The van der Waals surface area contributed by atoms with Crippen LogP contribution in [0.2, 0.25) is 10.0 Å². The number of rotatable bonds is 8. The van der Waals surface area contributed by atoms with Gasteiger partial charge in [-0.05, 0) is 68.4 Å². The third-order valence-electron chi connectivity index (χ3n) is 7.25. The lowest BCUT2D eigenvalue weighted by molar-refractivity contribution is -0.138. The minimum absolute atomic E-state index is 0. The van der Waals surface area contributed by atoms with Gasteiger partial charge < -0.3 is 22.1 Å². The molecule has 29 heteroatoms. The molecule has 0 fully saturated rings. The summed E-state index contributed by atoms with van der Waals surface area (Å²) in [5.74, 6) is -4.96. The Balaban J connectivity index is 0.000000621. The highest BCUT2D eigenvalue weighted by Gasteiger charge is 2.36. The molecular formula is C35H31Cl2F12N11O2S2. The number of nitrogens with two attached hydrogens (primary N) is 2. The van der Waals surface area contributed by atoms with Crippen LogP contribution in [0.25, 0.3) is 0 Å². The van der Waals surface area contributed by atoms with Gasteiger partial charge in [0.05, 0.1) is 35.1 Å². The predicted octanol–water partition coefficient (Wildman–Crippen LogP) is 8.75. The molecular weight excluding hydrogens is 969 g/mol. The van der Waals surface area contributed by atoms with Crippen LogP contribution in [0.4, 0.5) is 64.5 Å². The summed E-state index contributed by atoms with van der Waals surface area (Å²) in [6, 6.07) is 5.29. The molecule has 4 aromatic rings. The molecule has 2 aromatic heterocycles. The van der Waals surface area contributed by atoms with Gasteiger partial charge in [0.2, 0.25) is 5.84 Å². The number of amides is 2. The Hall–Kier alpha value is -5.67. The first kappa shape index (κ1) is 56.3. The maximum atomic E-state index is 12.9. The number of amidine groups is 3. The highest BCUT2D eigenvalue weighted by Crippen LogP contribution is 2.33. The molecule has 0 bridgehead atoms. The normalized spacial score (nSPS) is 13.7. The Morgan fingerprint density at radius 2 is 1.12 bits per heavy atom. The van der Waals surface area contributed by atoms with Gasteiger partial charge in [-0.1, -0.05) is 23.2 Å². The summed E-state index contributed by atoms with van der Waals surface area (Å²) in [7, 11) is 0. The summed E-state index contributed by atoms with van der Waals surface area (Å²) in [4.78, 5) is 50.4. The average molecular weight is 1000 g/mol. The van der Waals surface area contributed by atoms with Gasteiger partial charge in [-0.3, -0.25) is 9.59 Å². The minimum Gasteiger partial charge on any atom is -0.390 e. The van der Waals surface area contributed by atoms with Crippen LogP contribution < -0.4 is 22.1 Å². The minimum atomic E-state index is -4.99. The third-order valence-corrected chi connectivity index (χ3v) is 7.68. The van der Waals surface area contributed by atoms with E-state index in [9.17, 15) is 62.3 Å². The zero-order valence-corrected chi connectivity index (χ0v) is 35.6. The number of hydrogen-bond donors (Lipinski definition) is 4. The van der Waals surface area contributed by atoms with Gasteiger partial charge in [0.25, 0.3) is 17.8 Å². The average Bonchev–Trinajstić information content (AvgIpc) is 3.16. The van der Waals surface area contributed by atoms with Crippen LogP contribution in [0.5, 0.6) is 0 Å². The first-order valence-electron chi connectivity index (χ1n) is 16.6. The van der Waals surface area contributed by atoms with E-state index >= 15 is 0 Å². The molecule has 0 aliphatic heterocycles. The zero-order valence-electron chi connectivity index (χ0n) is 32.1. The molecule has 0 saturated heterocycles. The smallest absolute Gasteiger partial charge is 0.390 e. The number of aliphatic imine (C=N–C) groups is 4. The number of nitrogens with one attached hydrogen (secondary N) is 2. The van der Waals surface area contributed by atoms with E-state index in [1.165, 1.54) is 32.3 Å². The Morgan fingerprint density at radius 3 is 1.52 bits per heavy atom. The fraction of sp³-hybridized carbons (Fsp3) is 0.229. The maximum absolute atomic E-state index is 12.9. The monoisotopic (exact) mass is 999 g/mol. The van der Waals surface area contributed by atoms with Crippen molar-refractivity contribution in [3.05, 3.63) is 111 Å². The Labute approximate surface area is 377 Å². The second-order valence-electron chi connectivity index (χ2n) is 12.0. The van der Waals surface area contributed by atoms with Crippen LogP contribution in [-0.2, 0) is 18.5 Å². The molecule has 13 nitrogen and oxygen atoms in total. The summed E-state index contributed by atoms with van der Waals surface area (Å²) in [5.41, 5.74) is 6.04. The van der Waals surface area contributed by atoms with Crippen LogP contribution in [0.15, 0.2) is 93.2 Å². The highest BCUT2D eigenvalue weighted by atomic mass is 35.5. The van der Waals surface area contributed by atoms with Crippen molar-refractivity contribution in [2.24, 2.45) is 31.4 Å². The van der Waals surface area contributed by atoms with Gasteiger partial charge in [0.1, 0.15) is 0 Å². The largest absolute Gasteiger partial charge is 0.449 e. The van der Waals surface area contributed by atoms with Crippen molar-refractivity contribution in [1.29, 1.82) is 0 Å². The number of carbonyl (C=O) groups is 2. The molecule has 0 spiro atoms. The van der Waals surface area contributed by atoms with E-state index in [1.807, 2.05) is 0 Å². The number of alkyl halides is 12. The fourth-order valence-corrected chi connectivity index (χ4v) is 4.84. The number of halogens is 14. The Morgan fingerprint density at radius 1 is 0.672 bits per heavy atom. The summed E-state index contributed by atoms with van der Waals surface area (Å²) in [6.45, 7) is 2.59. The van der Waals surface area contributed by atoms with Crippen molar-refractivity contribution < 1.29 is 62.3 Å². The van der Waals surface area contributed by atoms with Crippen molar-refractivity contribution >= 4 is 97.6 Å². The standard InChI is InChI=1S/C18H14ClF6N5O.C17H13ClF6N6O.2H2S/c1-9(29-16(31)10-4-12(18(23,24)25)6-13(19)5-10)15(28-8-26)30-14-3-2-11(7-27-14)17(20,21)22;1-8(28-13(31)9-5-10(16(19,20)21)7-11(18)6-9)12(29-14(25)17(22,23)24)30-15-26-3-2-4-27-15;;/h2-9H,1H3,(H,29,31)(H2,26,27,28,30);2-8H,1H3,(H,28,31)(H2,25,26,27,29,30);2*1H2/t9-;8-;;/m00../s1. The molecule has 4 rings (SSSR count). The highest BCUT2D eigenvalue weighted by molar-refractivity contribution is 7.59. The quantitative estimate of drug-likeness (QED) is 0.0769. The van der Waals surface area contributed by atoms with Crippen LogP contribution in [-0.4, -0.2) is 68.9 Å². The van der Waals surface area contributed by atoms with E-state index in [0.717, 1.165) is 30.6 Å². The molecule has 0 unspecified atom stereocenters. The number of hydrogen-bond acceptors (Lipinski definition) is 7. The maximum Gasteiger partial charge on any atom is 0.449 e. The number of carbonyl (C=O) groups excluding carboxylic acids is 2. The van der Waals surface area contributed by atoms with Gasteiger partial charge in [-0.2, -0.15) is 84.7 Å². The van der Waals surface area contributed by atoms with Crippen molar-refractivity contribution in [1.82, 2.24) is 25.6 Å². The molecule has 0 saturated carbocycles. The van der Waals surface area contributed by atoms with E-state index in [1.54, 1.807) is 0 Å². The van der Waals surface area contributed by atoms with Gasteiger partial charge in [-0.25, -0.2) is 29.9 Å². The fourth-order valence-electron chi connectivity index (χ4n) is 4.37. The number of benzene rings is 2. The summed E-state index contributed by atoms with van der Waals surface area (Å²) in [5, 5.41) is 3.91. The molecule has 2 aromatic carbocycles. The molecule has 2 amide bonds. The van der Waals surface area contributed by atoms with E-state index in [0.29, 0.717) is 30.5 Å². The summed E-state index contributed by atoms with van der Waals surface area (Å²) in [6.07, 6.45) is -15.1. The van der Waals surface area contributed by atoms with Crippen LogP contribution in [0.3, 0.4) is 0 Å². The summed E-state index contributed by atoms with van der Waals surface area (Å²) >= 11 is 11.3. The lowest BCUT2D eigenvalue weighted by Gasteiger charge is -2.16. The molecule has 6 N–H and O–H groups in total. The van der Waals surface area contributed by atoms with Crippen LogP contribution in [0.1, 0.15) is 51.3 Å². The lowest BCUT2D eigenvalue weighted by atomic mass is 10.1. The molecule has 64 heavy (non-hydrogen) atoms. The third kappa shape index (κ3) is 17.5. The Kier molecular flexibility index (Phi) is 20.5. The van der Waals surface area contributed by atoms with Crippen LogP contribution >= 0.6 is 50.2 Å². The first-order valence-corrected chi connectivity index (χ1v) is 17.3. The van der Waals surface area contributed by atoms with Gasteiger partial charge >= 0.3 is 24.7 Å². The molecule has 0 aliphatic carbocycles. The van der Waals surface area contributed by atoms with Crippen molar-refractivity contribution in [3.8, 4) is 0 Å². The molecule has 0 aliphatic rings. The molecule has 2 heterocycles. The van der Waals surface area contributed by atoms with Gasteiger partial charge in [-0.15, -0.1) is 0 Å². The second kappa shape index (κ2) is 23.3. The van der Waals surface area contributed by atoms with Crippen LogP contribution in [0, 0.1) is 0 Å². The van der Waals surface area contributed by atoms with E-state index < -0.39 is 82.5 Å². The number of aromatic nitrogens is 3. The number of pyridine rings is 1. The molecule has 348 valence electrons. The van der Waals surface area contributed by atoms with Crippen molar-refractivity contribution in [2.45, 2.75) is 50.6 Å². The van der Waals surface area contributed by atoms with Crippen molar-refractivity contribution in [2.75, 3.05) is 0 Å². The zero-order chi connectivity index (χ0) is 46.8. The lowest BCUT2D eigenvalue weighted by Crippen LogP contribution is -2.40. The Bertz CT molecular complexity index is 2350. The molecule has 2 atom stereocenters. The van der Waals surface area contributed by atoms with E-state index in [4.69, 9.17) is 34.7 Å². The van der Waals surface area contributed by atoms with Gasteiger partial charge in [0.15, 0.2) is 17.5 Å². The van der Waals surface area contributed by atoms with E-state index in [-0.39, 0.29) is 60.2 Å².